The number of amides is 1. The molecule has 21 heavy (non-hydrogen) atoms. The molecule has 1 unspecified atom stereocenters. The van der Waals surface area contributed by atoms with E-state index in [0.717, 1.165) is 38.9 Å². The number of ether oxygens (including phenoxy) is 1. The number of methoxy groups -OCH3 is 1. The lowest BCUT2D eigenvalue weighted by Crippen LogP contribution is -2.52. The Morgan fingerprint density at radius 2 is 1.90 bits per heavy atom. The molecule has 1 N–H and O–H groups in total. The van der Waals surface area contributed by atoms with Gasteiger partial charge in [-0.1, -0.05) is 24.3 Å². The Kier molecular flexibility index (Phi) is 5.62. The van der Waals surface area contributed by atoms with Crippen molar-refractivity contribution in [2.75, 3.05) is 20.2 Å². The van der Waals surface area contributed by atoms with Crippen molar-refractivity contribution in [1.82, 2.24) is 10.2 Å². The van der Waals surface area contributed by atoms with Gasteiger partial charge in [-0.15, -0.1) is 12.4 Å². The van der Waals surface area contributed by atoms with Gasteiger partial charge in [0.2, 0.25) is 5.91 Å². The average Bonchev–Trinajstić information content (AvgIpc) is 2.54. The van der Waals surface area contributed by atoms with Crippen molar-refractivity contribution in [2.45, 2.75) is 38.0 Å². The number of halogens is 1. The maximum absolute atomic E-state index is 12.6. The lowest BCUT2D eigenvalue weighted by atomic mass is 9.94. The Bertz CT molecular complexity index is 487. The first-order valence-electron chi connectivity index (χ1n) is 7.39. The summed E-state index contributed by atoms with van der Waals surface area (Å²) in [5, 5.41) is 3.38. The van der Waals surface area contributed by atoms with Gasteiger partial charge in [0, 0.05) is 26.7 Å². The van der Waals surface area contributed by atoms with Gasteiger partial charge in [0.15, 0.2) is 0 Å². The molecule has 1 atom stereocenters. The van der Waals surface area contributed by atoms with Crippen molar-refractivity contribution < 1.29 is 9.53 Å². The summed E-state index contributed by atoms with van der Waals surface area (Å²) >= 11 is 0. The summed E-state index contributed by atoms with van der Waals surface area (Å²) in [5.74, 6) is 0.244. The van der Waals surface area contributed by atoms with Crippen molar-refractivity contribution in [3.8, 4) is 0 Å². The lowest BCUT2D eigenvalue weighted by molar-refractivity contribution is -0.136. The molecule has 0 aromatic heterocycles. The standard InChI is InChI=1S/C16H22N2O2.ClH/c1-20-14-6-8-18(9-7-14)16(19)15-10-12-4-2-3-5-13(12)11-17-15;/h2-5,14-15,17H,6-11H2,1H3;1H. The molecule has 0 saturated carbocycles. The van der Waals surface area contributed by atoms with Crippen LogP contribution in [0.5, 0.6) is 0 Å². The van der Waals surface area contributed by atoms with Crippen LogP contribution in [0, 0.1) is 0 Å². The molecule has 1 aromatic rings. The Labute approximate surface area is 132 Å². The number of fused-ring (bicyclic) bond motifs is 1. The smallest absolute Gasteiger partial charge is 0.240 e. The molecule has 1 aromatic carbocycles. The van der Waals surface area contributed by atoms with Gasteiger partial charge in [-0.25, -0.2) is 0 Å². The van der Waals surface area contributed by atoms with Gasteiger partial charge < -0.3 is 15.0 Å². The van der Waals surface area contributed by atoms with Crippen LogP contribution in [0.1, 0.15) is 24.0 Å². The van der Waals surface area contributed by atoms with E-state index in [1.165, 1.54) is 11.1 Å². The second-order valence-electron chi connectivity index (χ2n) is 5.67. The second-order valence-corrected chi connectivity index (χ2v) is 5.67. The quantitative estimate of drug-likeness (QED) is 0.905. The first-order chi connectivity index (χ1) is 9.78. The third-order valence-corrected chi connectivity index (χ3v) is 4.47. The van der Waals surface area contributed by atoms with E-state index in [1.807, 2.05) is 4.90 Å². The predicted octanol–water partition coefficient (Wildman–Crippen LogP) is 1.76. The number of benzene rings is 1. The third kappa shape index (κ3) is 3.57. The SMILES string of the molecule is COC1CCN(C(=O)C2Cc3ccccc3CN2)CC1.Cl. The van der Waals surface area contributed by atoms with Gasteiger partial charge >= 0.3 is 0 Å². The minimum absolute atomic E-state index is 0. The minimum atomic E-state index is -0.0657. The molecule has 5 heteroatoms. The lowest BCUT2D eigenvalue weighted by Gasteiger charge is -2.35. The van der Waals surface area contributed by atoms with Crippen LogP contribution < -0.4 is 5.32 Å². The van der Waals surface area contributed by atoms with Crippen molar-refractivity contribution in [2.24, 2.45) is 0 Å². The molecule has 4 nitrogen and oxygen atoms in total. The highest BCUT2D eigenvalue weighted by atomic mass is 35.5. The second kappa shape index (κ2) is 7.25. The average molecular weight is 311 g/mol. The summed E-state index contributed by atoms with van der Waals surface area (Å²) in [7, 11) is 1.75. The number of nitrogens with zero attached hydrogens (tertiary/aromatic N) is 1. The van der Waals surface area contributed by atoms with E-state index in [9.17, 15) is 4.79 Å². The van der Waals surface area contributed by atoms with Gasteiger partial charge in [0.05, 0.1) is 12.1 Å². The van der Waals surface area contributed by atoms with Crippen LogP contribution in [0.3, 0.4) is 0 Å². The normalized spacial score (nSPS) is 22.3. The van der Waals surface area contributed by atoms with Gasteiger partial charge in [0.1, 0.15) is 0 Å². The molecule has 1 fully saturated rings. The molecule has 0 radical (unpaired) electrons. The van der Waals surface area contributed by atoms with Crippen molar-refractivity contribution in [3.63, 3.8) is 0 Å². The molecule has 0 bridgehead atoms. The fourth-order valence-corrected chi connectivity index (χ4v) is 3.16. The van der Waals surface area contributed by atoms with E-state index in [0.29, 0.717) is 6.10 Å². The van der Waals surface area contributed by atoms with Crippen LogP contribution in [0.2, 0.25) is 0 Å². The molecular weight excluding hydrogens is 288 g/mol. The summed E-state index contributed by atoms with van der Waals surface area (Å²) in [4.78, 5) is 14.6. The number of rotatable bonds is 2. The highest BCUT2D eigenvalue weighted by Gasteiger charge is 2.30. The molecule has 0 spiro atoms. The number of likely N-dealkylation sites (tertiary alicyclic amines) is 1. The van der Waals surface area contributed by atoms with Crippen molar-refractivity contribution in [1.29, 1.82) is 0 Å². The topological polar surface area (TPSA) is 41.6 Å². The number of nitrogens with one attached hydrogen (secondary N) is 1. The van der Waals surface area contributed by atoms with E-state index in [4.69, 9.17) is 4.74 Å². The van der Waals surface area contributed by atoms with E-state index >= 15 is 0 Å². The maximum atomic E-state index is 12.6. The van der Waals surface area contributed by atoms with Crippen LogP contribution in [0.4, 0.5) is 0 Å². The van der Waals surface area contributed by atoms with E-state index < -0.39 is 0 Å². The number of hydrogen-bond donors (Lipinski definition) is 1. The van der Waals surface area contributed by atoms with Crippen molar-refractivity contribution >= 4 is 18.3 Å². The van der Waals surface area contributed by atoms with Gasteiger partial charge in [-0.2, -0.15) is 0 Å². The molecule has 1 amide bonds. The molecule has 2 aliphatic rings. The van der Waals surface area contributed by atoms with Crippen LogP contribution in [0.25, 0.3) is 0 Å². The number of hydrogen-bond acceptors (Lipinski definition) is 3. The third-order valence-electron chi connectivity index (χ3n) is 4.47. The van der Waals surface area contributed by atoms with Crippen molar-refractivity contribution in [3.05, 3.63) is 35.4 Å². The molecule has 0 aliphatic carbocycles. The van der Waals surface area contributed by atoms with Gasteiger partial charge in [0.25, 0.3) is 0 Å². The van der Waals surface area contributed by atoms with Gasteiger partial charge in [-0.3, -0.25) is 4.79 Å². The van der Waals surface area contributed by atoms with E-state index in [1.54, 1.807) is 7.11 Å². The first-order valence-corrected chi connectivity index (χ1v) is 7.39. The Morgan fingerprint density at radius 1 is 1.24 bits per heavy atom. The molecule has 3 rings (SSSR count). The highest BCUT2D eigenvalue weighted by molar-refractivity contribution is 5.85. The zero-order chi connectivity index (χ0) is 13.9. The molecule has 1 saturated heterocycles. The minimum Gasteiger partial charge on any atom is -0.381 e. The zero-order valence-electron chi connectivity index (χ0n) is 12.4. The molecule has 2 heterocycles. The molecule has 2 aliphatic heterocycles. The number of carbonyl (C=O) groups is 1. The summed E-state index contributed by atoms with van der Waals surface area (Å²) in [6.45, 7) is 2.43. The van der Waals surface area contributed by atoms with E-state index in [2.05, 4.69) is 29.6 Å². The Morgan fingerprint density at radius 3 is 2.57 bits per heavy atom. The summed E-state index contributed by atoms with van der Waals surface area (Å²) in [6.07, 6.45) is 3.02. The number of piperidine rings is 1. The summed E-state index contributed by atoms with van der Waals surface area (Å²) in [5.41, 5.74) is 2.62. The fourth-order valence-electron chi connectivity index (χ4n) is 3.16. The predicted molar refractivity (Wildman–Crippen MR) is 84.6 cm³/mol. The molecule has 116 valence electrons. The highest BCUT2D eigenvalue weighted by Crippen LogP contribution is 2.19. The largest absolute Gasteiger partial charge is 0.381 e. The summed E-state index contributed by atoms with van der Waals surface area (Å²) in [6, 6.07) is 8.30. The van der Waals surface area contributed by atoms with E-state index in [-0.39, 0.29) is 24.4 Å². The van der Waals surface area contributed by atoms with Gasteiger partial charge in [-0.05, 0) is 30.4 Å². The zero-order valence-corrected chi connectivity index (χ0v) is 13.2. The van der Waals surface area contributed by atoms with Crippen LogP contribution in [-0.4, -0.2) is 43.2 Å². The van der Waals surface area contributed by atoms with Crippen LogP contribution in [0.15, 0.2) is 24.3 Å². The fraction of sp³-hybridized carbons (Fsp3) is 0.562. The Hall–Kier alpha value is -1.10. The number of carbonyl (C=O) groups excluding carboxylic acids is 1. The first kappa shape index (κ1) is 16.3. The monoisotopic (exact) mass is 310 g/mol. The molecular formula is C16H23ClN2O2. The van der Waals surface area contributed by atoms with Crippen LogP contribution >= 0.6 is 12.4 Å². The maximum Gasteiger partial charge on any atom is 0.240 e. The van der Waals surface area contributed by atoms with Crippen LogP contribution in [-0.2, 0) is 22.5 Å². The Balaban J connectivity index is 0.00000161. The summed E-state index contributed by atoms with van der Waals surface area (Å²) < 4.78 is 5.36.